The fraction of sp³-hybridized carbons (Fsp3) is 0.333. The molecule has 0 fully saturated rings. The van der Waals surface area contributed by atoms with Gasteiger partial charge in [0.25, 0.3) is 0 Å². The Morgan fingerprint density at radius 3 is 2.62 bits per heavy atom. The summed E-state index contributed by atoms with van der Waals surface area (Å²) in [6, 6.07) is 2.73. The van der Waals surface area contributed by atoms with Crippen LogP contribution in [0.1, 0.15) is 18.2 Å². The van der Waals surface area contributed by atoms with E-state index < -0.39 is 24.6 Å². The van der Waals surface area contributed by atoms with Gasteiger partial charge in [0.15, 0.2) is 0 Å². The molecule has 0 aliphatic rings. The number of carbonyl (C=O) groups is 1. The Bertz CT molecular complexity index is 397. The maximum Gasteiger partial charge on any atom is 0.306 e. The molecule has 2 unspecified atom stereocenters. The second kappa shape index (κ2) is 5.24. The standard InChI is InChI=1S/C9H10BrNO5/c10-6-2-1-4(12)8(11-6)9(16)5(13)3-7(14)15/h1-2,5,9,12-13,16H,3H2,(H,14,15). The molecule has 0 bridgehead atoms. The van der Waals surface area contributed by atoms with Crippen LogP contribution in [0.2, 0.25) is 0 Å². The Kier molecular flexibility index (Phi) is 4.22. The van der Waals surface area contributed by atoms with E-state index in [0.29, 0.717) is 4.60 Å². The van der Waals surface area contributed by atoms with Crippen molar-refractivity contribution in [3.05, 3.63) is 22.4 Å². The quantitative estimate of drug-likeness (QED) is 0.598. The van der Waals surface area contributed by atoms with Crippen molar-refractivity contribution in [1.29, 1.82) is 0 Å². The molecule has 16 heavy (non-hydrogen) atoms. The molecular weight excluding hydrogens is 282 g/mol. The minimum Gasteiger partial charge on any atom is -0.506 e. The van der Waals surface area contributed by atoms with Crippen molar-refractivity contribution in [1.82, 2.24) is 4.98 Å². The lowest BCUT2D eigenvalue weighted by Gasteiger charge is -2.16. The highest BCUT2D eigenvalue weighted by Crippen LogP contribution is 2.27. The van der Waals surface area contributed by atoms with Gasteiger partial charge in [-0.25, -0.2) is 4.98 Å². The molecule has 6 nitrogen and oxygen atoms in total. The number of aromatic nitrogens is 1. The maximum atomic E-state index is 10.3. The van der Waals surface area contributed by atoms with Crippen molar-refractivity contribution >= 4 is 21.9 Å². The van der Waals surface area contributed by atoms with Gasteiger partial charge in [0.1, 0.15) is 22.2 Å². The van der Waals surface area contributed by atoms with Gasteiger partial charge in [-0.3, -0.25) is 4.79 Å². The van der Waals surface area contributed by atoms with Crippen LogP contribution in [-0.4, -0.2) is 37.5 Å². The molecule has 1 heterocycles. The van der Waals surface area contributed by atoms with Gasteiger partial charge in [-0.2, -0.15) is 0 Å². The summed E-state index contributed by atoms with van der Waals surface area (Å²) in [5.74, 6) is -1.55. The molecule has 0 amide bonds. The molecule has 0 aliphatic carbocycles. The van der Waals surface area contributed by atoms with Crippen molar-refractivity contribution in [3.63, 3.8) is 0 Å². The summed E-state index contributed by atoms with van der Waals surface area (Å²) in [6.07, 6.45) is -3.70. The summed E-state index contributed by atoms with van der Waals surface area (Å²) in [5, 5.41) is 36.8. The summed E-state index contributed by atoms with van der Waals surface area (Å²) >= 11 is 3.03. The average molecular weight is 292 g/mol. The summed E-state index contributed by atoms with van der Waals surface area (Å²) < 4.78 is 0.363. The molecule has 2 atom stereocenters. The number of aliphatic hydroxyl groups excluding tert-OH is 2. The second-order valence-electron chi connectivity index (χ2n) is 3.15. The third-order valence-electron chi connectivity index (χ3n) is 1.90. The van der Waals surface area contributed by atoms with Crippen molar-refractivity contribution in [3.8, 4) is 5.75 Å². The van der Waals surface area contributed by atoms with Crippen LogP contribution < -0.4 is 0 Å². The molecule has 0 aromatic carbocycles. The number of pyridine rings is 1. The van der Waals surface area contributed by atoms with E-state index >= 15 is 0 Å². The molecule has 0 aliphatic heterocycles. The predicted molar refractivity (Wildman–Crippen MR) is 56.8 cm³/mol. The number of nitrogens with zero attached hydrogens (tertiary/aromatic N) is 1. The lowest BCUT2D eigenvalue weighted by molar-refractivity contribution is -0.141. The van der Waals surface area contributed by atoms with E-state index in [1.165, 1.54) is 12.1 Å². The maximum absolute atomic E-state index is 10.3. The van der Waals surface area contributed by atoms with Gasteiger partial charge in [-0.15, -0.1) is 0 Å². The number of aliphatic hydroxyl groups is 2. The van der Waals surface area contributed by atoms with Gasteiger partial charge in [0.2, 0.25) is 0 Å². The average Bonchev–Trinajstić information content (AvgIpc) is 2.19. The first-order valence-electron chi connectivity index (χ1n) is 4.35. The minimum atomic E-state index is -1.55. The highest BCUT2D eigenvalue weighted by molar-refractivity contribution is 9.10. The summed E-state index contributed by atoms with van der Waals surface area (Å²) in [4.78, 5) is 14.1. The molecule has 7 heteroatoms. The van der Waals surface area contributed by atoms with E-state index in [-0.39, 0.29) is 11.4 Å². The first-order chi connectivity index (χ1) is 7.41. The fourth-order valence-corrected chi connectivity index (χ4v) is 1.46. The Morgan fingerprint density at radius 2 is 2.06 bits per heavy atom. The number of halogens is 1. The van der Waals surface area contributed by atoms with Crippen molar-refractivity contribution in [2.75, 3.05) is 0 Å². The molecular formula is C9H10BrNO5. The molecule has 0 saturated carbocycles. The zero-order chi connectivity index (χ0) is 12.3. The SMILES string of the molecule is O=C(O)CC(O)C(O)c1nc(Br)ccc1O. The Morgan fingerprint density at radius 1 is 1.44 bits per heavy atom. The number of hydrogen-bond acceptors (Lipinski definition) is 5. The number of aliphatic carboxylic acids is 1. The summed E-state index contributed by atoms with van der Waals surface area (Å²) in [5.41, 5.74) is -0.164. The van der Waals surface area contributed by atoms with Crippen LogP contribution in [0.3, 0.4) is 0 Å². The third-order valence-corrected chi connectivity index (χ3v) is 2.34. The molecule has 88 valence electrons. The molecule has 1 aromatic heterocycles. The molecule has 0 spiro atoms. The summed E-state index contributed by atoms with van der Waals surface area (Å²) in [7, 11) is 0. The van der Waals surface area contributed by atoms with E-state index in [1.54, 1.807) is 0 Å². The van der Waals surface area contributed by atoms with E-state index in [4.69, 9.17) is 5.11 Å². The highest BCUT2D eigenvalue weighted by atomic mass is 79.9. The lowest BCUT2D eigenvalue weighted by atomic mass is 10.1. The Balaban J connectivity index is 2.90. The van der Waals surface area contributed by atoms with Crippen LogP contribution in [0.5, 0.6) is 5.75 Å². The minimum absolute atomic E-state index is 0.164. The summed E-state index contributed by atoms with van der Waals surface area (Å²) in [6.45, 7) is 0. The number of aromatic hydroxyl groups is 1. The molecule has 4 N–H and O–H groups in total. The van der Waals surface area contributed by atoms with Gasteiger partial charge in [0.05, 0.1) is 12.5 Å². The van der Waals surface area contributed by atoms with Gasteiger partial charge >= 0.3 is 5.97 Å². The Hall–Kier alpha value is -1.18. The predicted octanol–water partition coefficient (Wildman–Crippen LogP) is 0.419. The highest BCUT2D eigenvalue weighted by Gasteiger charge is 2.25. The van der Waals surface area contributed by atoms with Crippen molar-refractivity contribution in [2.45, 2.75) is 18.6 Å². The van der Waals surface area contributed by atoms with E-state index in [1.807, 2.05) is 0 Å². The molecule has 1 aromatic rings. The number of rotatable bonds is 4. The van der Waals surface area contributed by atoms with Crippen LogP contribution in [0.4, 0.5) is 0 Å². The first kappa shape index (κ1) is 12.9. The number of carboxylic acid groups (broad SMARTS) is 1. The monoisotopic (exact) mass is 291 g/mol. The van der Waals surface area contributed by atoms with Crippen molar-refractivity contribution < 1.29 is 25.2 Å². The second-order valence-corrected chi connectivity index (χ2v) is 3.96. The lowest BCUT2D eigenvalue weighted by Crippen LogP contribution is -2.22. The van der Waals surface area contributed by atoms with Gasteiger partial charge in [-0.1, -0.05) is 0 Å². The zero-order valence-corrected chi connectivity index (χ0v) is 9.62. The first-order valence-corrected chi connectivity index (χ1v) is 5.14. The fourth-order valence-electron chi connectivity index (χ4n) is 1.13. The third kappa shape index (κ3) is 3.16. The van der Waals surface area contributed by atoms with E-state index in [9.17, 15) is 20.1 Å². The van der Waals surface area contributed by atoms with Crippen LogP contribution in [0.15, 0.2) is 16.7 Å². The molecule has 0 radical (unpaired) electrons. The Labute approximate surface area is 99.3 Å². The van der Waals surface area contributed by atoms with Gasteiger partial charge < -0.3 is 20.4 Å². The number of hydrogen-bond donors (Lipinski definition) is 4. The van der Waals surface area contributed by atoms with Gasteiger partial charge in [-0.05, 0) is 28.1 Å². The smallest absolute Gasteiger partial charge is 0.306 e. The van der Waals surface area contributed by atoms with Crippen LogP contribution in [0, 0.1) is 0 Å². The topological polar surface area (TPSA) is 111 Å². The van der Waals surface area contributed by atoms with Gasteiger partial charge in [0, 0.05) is 0 Å². The molecule has 1 rings (SSSR count). The largest absolute Gasteiger partial charge is 0.506 e. The zero-order valence-electron chi connectivity index (χ0n) is 8.04. The molecule has 0 saturated heterocycles. The van der Waals surface area contributed by atoms with E-state index in [0.717, 1.165) is 0 Å². The van der Waals surface area contributed by atoms with Crippen molar-refractivity contribution in [2.24, 2.45) is 0 Å². The van der Waals surface area contributed by atoms with Crippen LogP contribution in [-0.2, 0) is 4.79 Å². The van der Waals surface area contributed by atoms with Crippen LogP contribution in [0.25, 0.3) is 0 Å². The van der Waals surface area contributed by atoms with E-state index in [2.05, 4.69) is 20.9 Å². The number of carboxylic acids is 1. The normalized spacial score (nSPS) is 14.4. The van der Waals surface area contributed by atoms with Crippen LogP contribution >= 0.6 is 15.9 Å².